The van der Waals surface area contributed by atoms with E-state index in [4.69, 9.17) is 8.83 Å². The second-order valence-corrected chi connectivity index (χ2v) is 6.70. The van der Waals surface area contributed by atoms with Crippen LogP contribution in [0.3, 0.4) is 0 Å². The molecule has 2 heterocycles. The lowest BCUT2D eigenvalue weighted by Gasteiger charge is -2.10. The Morgan fingerprint density at radius 2 is 1.96 bits per heavy atom. The van der Waals surface area contributed by atoms with Crippen molar-refractivity contribution >= 4 is 27.8 Å². The number of aryl methyl sites for hydroxylation is 3. The van der Waals surface area contributed by atoms with Gasteiger partial charge >= 0.3 is 5.63 Å². The van der Waals surface area contributed by atoms with Crippen molar-refractivity contribution in [2.75, 3.05) is 0 Å². The van der Waals surface area contributed by atoms with E-state index in [1.807, 2.05) is 26.8 Å². The summed E-state index contributed by atoms with van der Waals surface area (Å²) in [5.74, 6) is -0.133. The predicted molar refractivity (Wildman–Crippen MR) is 91.3 cm³/mol. The second-order valence-electron chi connectivity index (χ2n) is 6.70. The largest absolute Gasteiger partial charge is 0.463 e. The predicted octanol–water partition coefficient (Wildman–Crippen LogP) is 3.29. The molecular weight excluding hydrogens is 306 g/mol. The SMILES string of the molecule is Cc1coc2c1c(C)cc1oc(=O)c(CC(=O)NC3CC3)c(C)c12. The molecule has 1 fully saturated rings. The molecule has 0 aliphatic heterocycles. The van der Waals surface area contributed by atoms with E-state index in [0.29, 0.717) is 16.7 Å². The van der Waals surface area contributed by atoms with Crippen LogP contribution in [0.5, 0.6) is 0 Å². The fourth-order valence-electron chi connectivity index (χ4n) is 3.34. The molecular formula is C19H19NO4. The minimum absolute atomic E-state index is 0.0374. The van der Waals surface area contributed by atoms with Gasteiger partial charge in [-0.05, 0) is 56.4 Å². The lowest BCUT2D eigenvalue weighted by atomic mass is 9.99. The van der Waals surface area contributed by atoms with Gasteiger partial charge in [-0.2, -0.15) is 0 Å². The summed E-state index contributed by atoms with van der Waals surface area (Å²) < 4.78 is 11.2. The molecule has 1 aliphatic carbocycles. The summed E-state index contributed by atoms with van der Waals surface area (Å²) >= 11 is 0. The zero-order valence-corrected chi connectivity index (χ0v) is 14.0. The molecule has 5 nitrogen and oxygen atoms in total. The highest BCUT2D eigenvalue weighted by Crippen LogP contribution is 2.34. The monoisotopic (exact) mass is 325 g/mol. The number of benzene rings is 1. The van der Waals surface area contributed by atoms with Crippen molar-refractivity contribution < 1.29 is 13.6 Å². The normalized spacial score (nSPS) is 14.5. The van der Waals surface area contributed by atoms with Crippen LogP contribution in [0.4, 0.5) is 0 Å². The average molecular weight is 325 g/mol. The van der Waals surface area contributed by atoms with Crippen molar-refractivity contribution in [1.82, 2.24) is 5.32 Å². The topological polar surface area (TPSA) is 72.5 Å². The number of rotatable bonds is 3. The van der Waals surface area contributed by atoms with Gasteiger partial charge in [-0.25, -0.2) is 4.79 Å². The van der Waals surface area contributed by atoms with Gasteiger partial charge in [-0.3, -0.25) is 4.79 Å². The lowest BCUT2D eigenvalue weighted by Crippen LogP contribution is -2.29. The summed E-state index contributed by atoms with van der Waals surface area (Å²) in [5, 5.41) is 4.72. The highest BCUT2D eigenvalue weighted by molar-refractivity contribution is 6.07. The van der Waals surface area contributed by atoms with Gasteiger partial charge in [0.25, 0.3) is 0 Å². The smallest absolute Gasteiger partial charge is 0.340 e. The molecule has 0 bridgehead atoms. The molecule has 24 heavy (non-hydrogen) atoms. The van der Waals surface area contributed by atoms with E-state index >= 15 is 0 Å². The van der Waals surface area contributed by atoms with Gasteiger partial charge in [-0.1, -0.05) is 0 Å². The maximum absolute atomic E-state index is 12.4. The Balaban J connectivity index is 1.91. The van der Waals surface area contributed by atoms with Gasteiger partial charge in [-0.15, -0.1) is 0 Å². The van der Waals surface area contributed by atoms with Crippen molar-refractivity contribution in [3.8, 4) is 0 Å². The number of hydrogen-bond acceptors (Lipinski definition) is 4. The molecule has 1 saturated carbocycles. The molecule has 1 N–H and O–H groups in total. The number of amides is 1. The van der Waals surface area contributed by atoms with Gasteiger partial charge < -0.3 is 14.2 Å². The summed E-state index contributed by atoms with van der Waals surface area (Å²) in [6.07, 6.45) is 3.78. The number of carbonyl (C=O) groups is 1. The first kappa shape index (κ1) is 15.0. The number of fused-ring (bicyclic) bond motifs is 3. The molecule has 0 radical (unpaired) electrons. The average Bonchev–Trinajstić information content (AvgIpc) is 3.24. The van der Waals surface area contributed by atoms with Gasteiger partial charge in [0.2, 0.25) is 5.91 Å². The van der Waals surface area contributed by atoms with Gasteiger partial charge in [0.15, 0.2) is 0 Å². The Morgan fingerprint density at radius 1 is 1.21 bits per heavy atom. The molecule has 1 amide bonds. The molecule has 0 saturated heterocycles. The second kappa shape index (κ2) is 5.23. The van der Waals surface area contributed by atoms with E-state index in [2.05, 4.69) is 5.32 Å². The third-order valence-electron chi connectivity index (χ3n) is 4.75. The van der Waals surface area contributed by atoms with Crippen LogP contribution in [0, 0.1) is 20.8 Å². The van der Waals surface area contributed by atoms with Crippen molar-refractivity contribution in [3.05, 3.63) is 45.0 Å². The molecule has 4 rings (SSSR count). The Kier molecular flexibility index (Phi) is 3.27. The number of furan rings is 1. The zero-order chi connectivity index (χ0) is 17.0. The van der Waals surface area contributed by atoms with Crippen LogP contribution in [0.2, 0.25) is 0 Å². The summed E-state index contributed by atoms with van der Waals surface area (Å²) in [6, 6.07) is 2.13. The van der Waals surface area contributed by atoms with Gasteiger partial charge in [0, 0.05) is 11.4 Å². The maximum atomic E-state index is 12.4. The first-order valence-corrected chi connectivity index (χ1v) is 8.18. The van der Waals surface area contributed by atoms with Crippen LogP contribution in [0.1, 0.15) is 35.1 Å². The van der Waals surface area contributed by atoms with Crippen LogP contribution in [0.15, 0.2) is 26.0 Å². The Bertz CT molecular complexity index is 1040. The Hall–Kier alpha value is -2.56. The lowest BCUT2D eigenvalue weighted by molar-refractivity contribution is -0.120. The number of nitrogens with one attached hydrogen (secondary N) is 1. The van der Waals surface area contributed by atoms with E-state index in [0.717, 1.165) is 40.3 Å². The Labute approximate surface area is 138 Å². The number of carbonyl (C=O) groups excluding carboxylic acids is 1. The summed E-state index contributed by atoms with van der Waals surface area (Å²) in [7, 11) is 0. The van der Waals surface area contributed by atoms with E-state index in [9.17, 15) is 9.59 Å². The molecule has 1 aliphatic rings. The first-order valence-electron chi connectivity index (χ1n) is 8.18. The van der Waals surface area contributed by atoms with E-state index in [1.165, 1.54) is 0 Å². The van der Waals surface area contributed by atoms with Crippen molar-refractivity contribution in [3.63, 3.8) is 0 Å². The van der Waals surface area contributed by atoms with Crippen molar-refractivity contribution in [2.45, 2.75) is 46.1 Å². The highest BCUT2D eigenvalue weighted by Gasteiger charge is 2.25. The third-order valence-corrected chi connectivity index (χ3v) is 4.75. The maximum Gasteiger partial charge on any atom is 0.340 e. The van der Waals surface area contributed by atoms with Crippen molar-refractivity contribution in [1.29, 1.82) is 0 Å². The van der Waals surface area contributed by atoms with Crippen LogP contribution < -0.4 is 10.9 Å². The molecule has 1 aromatic carbocycles. The quantitative estimate of drug-likeness (QED) is 0.750. The van der Waals surface area contributed by atoms with Crippen LogP contribution in [-0.4, -0.2) is 11.9 Å². The van der Waals surface area contributed by atoms with Crippen LogP contribution in [0.25, 0.3) is 21.9 Å². The van der Waals surface area contributed by atoms with Gasteiger partial charge in [0.05, 0.1) is 23.6 Å². The molecule has 3 aromatic rings. The van der Waals surface area contributed by atoms with E-state index in [-0.39, 0.29) is 18.4 Å². The molecule has 5 heteroatoms. The highest BCUT2D eigenvalue weighted by atomic mass is 16.4. The third kappa shape index (κ3) is 2.31. The standard InChI is InChI=1S/C19H19NO4/c1-9-6-14-17(18-16(9)10(2)8-23-18)11(3)13(19(22)24-14)7-15(21)20-12-4-5-12/h6,8,12H,4-5,7H2,1-3H3,(H,20,21). The minimum atomic E-state index is -0.451. The molecule has 0 spiro atoms. The van der Waals surface area contributed by atoms with Crippen molar-refractivity contribution in [2.24, 2.45) is 0 Å². The van der Waals surface area contributed by atoms with Gasteiger partial charge in [0.1, 0.15) is 11.2 Å². The Morgan fingerprint density at radius 3 is 2.67 bits per heavy atom. The summed E-state index contributed by atoms with van der Waals surface area (Å²) in [5.41, 5.74) is 3.98. The molecule has 0 atom stereocenters. The fraction of sp³-hybridized carbons (Fsp3) is 0.368. The summed E-state index contributed by atoms with van der Waals surface area (Å²) in [6.45, 7) is 5.81. The first-order chi connectivity index (χ1) is 11.5. The van der Waals surface area contributed by atoms with E-state index < -0.39 is 5.63 Å². The number of hydrogen-bond donors (Lipinski definition) is 1. The molecule has 2 aromatic heterocycles. The molecule has 124 valence electrons. The zero-order valence-electron chi connectivity index (χ0n) is 14.0. The summed E-state index contributed by atoms with van der Waals surface area (Å²) in [4.78, 5) is 24.5. The van der Waals surface area contributed by atoms with E-state index in [1.54, 1.807) is 6.26 Å². The fourth-order valence-corrected chi connectivity index (χ4v) is 3.34. The van der Waals surface area contributed by atoms with Crippen LogP contribution in [-0.2, 0) is 11.2 Å². The van der Waals surface area contributed by atoms with Crippen LogP contribution >= 0.6 is 0 Å². The molecule has 0 unspecified atom stereocenters. The minimum Gasteiger partial charge on any atom is -0.463 e.